The molecule has 33 heavy (non-hydrogen) atoms. The number of nitrogens with one attached hydrogen (secondary N) is 1. The fourth-order valence-electron chi connectivity index (χ4n) is 3.43. The highest BCUT2D eigenvalue weighted by molar-refractivity contribution is 5.87. The van der Waals surface area contributed by atoms with Crippen LogP contribution >= 0.6 is 0 Å². The third-order valence-electron chi connectivity index (χ3n) is 5.41. The molecule has 2 aromatic carbocycles. The second-order valence-electron chi connectivity index (χ2n) is 8.38. The van der Waals surface area contributed by atoms with Crippen molar-refractivity contribution in [1.29, 1.82) is 0 Å². The second-order valence-corrected chi connectivity index (χ2v) is 8.38. The molecule has 2 amide bonds. The maximum absolute atomic E-state index is 13.3. The summed E-state index contributed by atoms with van der Waals surface area (Å²) in [6.45, 7) is 6.72. The molecule has 0 bridgehead atoms. The number of aryl methyl sites for hydroxylation is 1. The summed E-state index contributed by atoms with van der Waals surface area (Å²) in [5.41, 5.74) is 1.86. The molecule has 7 heteroatoms. The molecule has 0 radical (unpaired) electrons. The van der Waals surface area contributed by atoms with Crippen molar-refractivity contribution in [3.05, 3.63) is 53.6 Å². The molecule has 0 spiro atoms. The van der Waals surface area contributed by atoms with Crippen LogP contribution in [0.15, 0.2) is 42.5 Å². The lowest BCUT2D eigenvalue weighted by molar-refractivity contribution is -0.140. The first-order valence-electron chi connectivity index (χ1n) is 11.2. The molecule has 180 valence electrons. The number of methoxy groups -OCH3 is 3. The lowest BCUT2D eigenvalue weighted by Gasteiger charge is -2.29. The van der Waals surface area contributed by atoms with Crippen LogP contribution < -0.4 is 19.5 Å². The Balaban J connectivity index is 2.18. The molecule has 2 aromatic rings. The van der Waals surface area contributed by atoms with E-state index >= 15 is 0 Å². The van der Waals surface area contributed by atoms with Gasteiger partial charge < -0.3 is 24.4 Å². The van der Waals surface area contributed by atoms with Gasteiger partial charge in [-0.25, -0.2) is 0 Å². The molecule has 0 aromatic heterocycles. The predicted molar refractivity (Wildman–Crippen MR) is 129 cm³/mol. The molecule has 0 aliphatic heterocycles. The van der Waals surface area contributed by atoms with Gasteiger partial charge in [0.2, 0.25) is 11.8 Å². The summed E-state index contributed by atoms with van der Waals surface area (Å²) in [6.07, 6.45) is 0.787. The maximum Gasteiger partial charge on any atom is 0.242 e. The fraction of sp³-hybridized carbons (Fsp3) is 0.462. The minimum Gasteiger partial charge on any atom is -0.497 e. The van der Waals surface area contributed by atoms with Crippen LogP contribution in [-0.4, -0.2) is 50.6 Å². The van der Waals surface area contributed by atoms with Crippen LogP contribution in [0.2, 0.25) is 0 Å². The van der Waals surface area contributed by atoms with Crippen molar-refractivity contribution in [2.45, 2.75) is 46.2 Å². The number of hydrogen-bond acceptors (Lipinski definition) is 5. The summed E-state index contributed by atoms with van der Waals surface area (Å²) < 4.78 is 16.0. The molecular weight excluding hydrogens is 420 g/mol. The highest BCUT2D eigenvalue weighted by Gasteiger charge is 2.26. The molecule has 0 aliphatic carbocycles. The van der Waals surface area contributed by atoms with Gasteiger partial charge in [-0.05, 0) is 54.7 Å². The van der Waals surface area contributed by atoms with Crippen molar-refractivity contribution in [2.75, 3.05) is 27.9 Å². The van der Waals surface area contributed by atoms with Crippen LogP contribution in [0.1, 0.15) is 38.3 Å². The quantitative estimate of drug-likeness (QED) is 0.525. The zero-order chi connectivity index (χ0) is 24.4. The second kappa shape index (κ2) is 12.7. The summed E-state index contributed by atoms with van der Waals surface area (Å²) in [5.74, 6) is 2.04. The third kappa shape index (κ3) is 7.70. The van der Waals surface area contributed by atoms with E-state index in [9.17, 15) is 9.59 Å². The molecule has 0 aliphatic rings. The average Bonchev–Trinajstić information content (AvgIpc) is 2.83. The average molecular weight is 457 g/mol. The Hall–Kier alpha value is -3.22. The number of amides is 2. The Labute approximate surface area is 197 Å². The van der Waals surface area contributed by atoms with Crippen LogP contribution in [-0.2, 0) is 22.6 Å². The van der Waals surface area contributed by atoms with Crippen LogP contribution in [0, 0.1) is 5.92 Å². The molecule has 0 saturated carbocycles. The molecule has 0 unspecified atom stereocenters. The molecule has 0 heterocycles. The van der Waals surface area contributed by atoms with Crippen molar-refractivity contribution < 1.29 is 23.8 Å². The highest BCUT2D eigenvalue weighted by Crippen LogP contribution is 2.28. The molecule has 0 fully saturated rings. The molecule has 1 atom stereocenters. The summed E-state index contributed by atoms with van der Waals surface area (Å²) in [7, 11) is 4.77. The molecular formula is C26H36N2O5. The van der Waals surface area contributed by atoms with Gasteiger partial charge >= 0.3 is 0 Å². The smallest absolute Gasteiger partial charge is 0.242 e. The molecule has 7 nitrogen and oxygen atoms in total. The first kappa shape index (κ1) is 26.0. The van der Waals surface area contributed by atoms with Gasteiger partial charge in [0.05, 0.1) is 21.3 Å². The van der Waals surface area contributed by atoms with Gasteiger partial charge in [0.25, 0.3) is 0 Å². The molecule has 1 N–H and O–H groups in total. The Morgan fingerprint density at radius 3 is 2.27 bits per heavy atom. The van der Waals surface area contributed by atoms with Crippen molar-refractivity contribution in [1.82, 2.24) is 10.2 Å². The van der Waals surface area contributed by atoms with Gasteiger partial charge in [0.15, 0.2) is 11.5 Å². The maximum atomic E-state index is 13.3. The number of benzene rings is 2. The van der Waals surface area contributed by atoms with Crippen LogP contribution in [0.3, 0.4) is 0 Å². The predicted octanol–water partition coefficient (Wildman–Crippen LogP) is 3.83. The number of hydrogen-bond donors (Lipinski definition) is 1. The number of carbonyl (C=O) groups is 2. The van der Waals surface area contributed by atoms with Crippen molar-refractivity contribution in [3.63, 3.8) is 0 Å². The summed E-state index contributed by atoms with van der Waals surface area (Å²) in [4.78, 5) is 27.7. The summed E-state index contributed by atoms with van der Waals surface area (Å²) in [6, 6.07) is 12.6. The lowest BCUT2D eigenvalue weighted by Crippen LogP contribution is -2.48. The van der Waals surface area contributed by atoms with E-state index in [2.05, 4.69) is 5.32 Å². The topological polar surface area (TPSA) is 77.1 Å². The van der Waals surface area contributed by atoms with E-state index in [0.29, 0.717) is 42.7 Å². The van der Waals surface area contributed by atoms with Gasteiger partial charge in [-0.2, -0.15) is 0 Å². The monoisotopic (exact) mass is 456 g/mol. The number of carbonyl (C=O) groups excluding carboxylic acids is 2. The minimum atomic E-state index is -0.604. The Morgan fingerprint density at radius 1 is 0.909 bits per heavy atom. The number of rotatable bonds is 12. The van der Waals surface area contributed by atoms with Crippen molar-refractivity contribution in [3.8, 4) is 17.2 Å². The normalized spacial score (nSPS) is 11.6. The molecule has 2 rings (SSSR count). The van der Waals surface area contributed by atoms with Crippen LogP contribution in [0.5, 0.6) is 17.2 Å². The Bertz CT molecular complexity index is 929. The zero-order valence-corrected chi connectivity index (χ0v) is 20.5. The van der Waals surface area contributed by atoms with Crippen LogP contribution in [0.25, 0.3) is 0 Å². The third-order valence-corrected chi connectivity index (χ3v) is 5.41. The summed E-state index contributed by atoms with van der Waals surface area (Å²) in [5, 5.41) is 2.94. The minimum absolute atomic E-state index is 0.0974. The van der Waals surface area contributed by atoms with Crippen molar-refractivity contribution in [2.24, 2.45) is 5.92 Å². The SMILES string of the molecule is COc1cccc(CN(C(=O)CCc2ccc(OC)c(OC)c2)[C@H](C)C(=O)NCC(C)C)c1. The fourth-order valence-corrected chi connectivity index (χ4v) is 3.43. The first-order chi connectivity index (χ1) is 15.8. The van der Waals surface area contributed by atoms with Gasteiger partial charge in [-0.3, -0.25) is 9.59 Å². The van der Waals surface area contributed by atoms with E-state index in [1.165, 1.54) is 0 Å². The highest BCUT2D eigenvalue weighted by atomic mass is 16.5. The van der Waals surface area contributed by atoms with E-state index in [0.717, 1.165) is 11.1 Å². The summed E-state index contributed by atoms with van der Waals surface area (Å²) >= 11 is 0. The van der Waals surface area contributed by atoms with E-state index in [4.69, 9.17) is 14.2 Å². The standard InChI is InChI=1S/C26H36N2O5/c1-18(2)16-27-26(30)19(3)28(17-21-8-7-9-22(14-21)31-4)25(29)13-11-20-10-12-23(32-5)24(15-20)33-6/h7-10,12,14-15,18-19H,11,13,16-17H2,1-6H3,(H,27,30)/t19-/m1/s1. The first-order valence-corrected chi connectivity index (χ1v) is 11.2. The Kier molecular flexibility index (Phi) is 10.0. The van der Waals surface area contributed by atoms with E-state index in [1.807, 2.05) is 56.3 Å². The van der Waals surface area contributed by atoms with E-state index in [-0.39, 0.29) is 18.2 Å². The Morgan fingerprint density at radius 2 is 1.64 bits per heavy atom. The van der Waals surface area contributed by atoms with Gasteiger partial charge in [0.1, 0.15) is 11.8 Å². The molecule has 0 saturated heterocycles. The zero-order valence-electron chi connectivity index (χ0n) is 20.5. The van der Waals surface area contributed by atoms with E-state index in [1.54, 1.807) is 33.2 Å². The number of ether oxygens (including phenoxy) is 3. The van der Waals surface area contributed by atoms with Crippen LogP contribution in [0.4, 0.5) is 0 Å². The van der Waals surface area contributed by atoms with Gasteiger partial charge in [0, 0.05) is 19.5 Å². The van der Waals surface area contributed by atoms with E-state index < -0.39 is 6.04 Å². The largest absolute Gasteiger partial charge is 0.497 e. The van der Waals surface area contributed by atoms with Crippen molar-refractivity contribution >= 4 is 11.8 Å². The lowest BCUT2D eigenvalue weighted by atomic mass is 10.1. The number of nitrogens with zero attached hydrogens (tertiary/aromatic N) is 1. The van der Waals surface area contributed by atoms with Gasteiger partial charge in [-0.1, -0.05) is 32.0 Å². The van der Waals surface area contributed by atoms with Gasteiger partial charge in [-0.15, -0.1) is 0 Å².